The van der Waals surface area contributed by atoms with Crippen molar-refractivity contribution < 1.29 is 9.59 Å². The molecule has 1 saturated carbocycles. The molecule has 2 unspecified atom stereocenters. The lowest BCUT2D eigenvalue weighted by Gasteiger charge is -2.29. The molecule has 1 aliphatic rings. The van der Waals surface area contributed by atoms with Crippen molar-refractivity contribution in [3.05, 3.63) is 17.5 Å². The van der Waals surface area contributed by atoms with Gasteiger partial charge in [-0.05, 0) is 31.6 Å². The van der Waals surface area contributed by atoms with Crippen molar-refractivity contribution in [2.45, 2.75) is 40.0 Å². The maximum atomic E-state index is 12.5. The number of ketones is 2. The average molecular weight is 262 g/mol. The van der Waals surface area contributed by atoms with Crippen LogP contribution in [0.15, 0.2) is 6.20 Å². The lowest BCUT2D eigenvalue weighted by atomic mass is 9.73. The zero-order chi connectivity index (χ0) is 14.2. The summed E-state index contributed by atoms with van der Waals surface area (Å²) >= 11 is 0. The number of aromatic nitrogens is 2. The third-order valence-electron chi connectivity index (χ3n) is 4.23. The topological polar surface area (TPSA) is 52.0 Å². The quantitative estimate of drug-likeness (QED) is 0.621. The maximum Gasteiger partial charge on any atom is 0.176 e. The minimum absolute atomic E-state index is 0.0408. The van der Waals surface area contributed by atoms with Crippen LogP contribution in [0.1, 0.15) is 49.2 Å². The summed E-state index contributed by atoms with van der Waals surface area (Å²) in [6.45, 7) is 6.15. The second kappa shape index (κ2) is 5.27. The van der Waals surface area contributed by atoms with Crippen LogP contribution in [-0.4, -0.2) is 21.3 Å². The molecular formula is C15H22N2O2. The van der Waals surface area contributed by atoms with Crippen LogP contribution < -0.4 is 0 Å². The molecule has 1 aliphatic carbocycles. The molecule has 0 amide bonds. The first-order valence-electron chi connectivity index (χ1n) is 6.97. The Balaban J connectivity index is 2.21. The summed E-state index contributed by atoms with van der Waals surface area (Å²) in [5.74, 6) is 0.608. The Morgan fingerprint density at radius 2 is 2.16 bits per heavy atom. The lowest BCUT2D eigenvalue weighted by Crippen LogP contribution is -2.33. The summed E-state index contributed by atoms with van der Waals surface area (Å²) in [5, 5.41) is 4.19. The molecule has 0 radical (unpaired) electrons. The molecule has 19 heavy (non-hydrogen) atoms. The van der Waals surface area contributed by atoms with E-state index in [-0.39, 0.29) is 11.6 Å². The van der Waals surface area contributed by atoms with Crippen LogP contribution in [0.25, 0.3) is 0 Å². The SMILES string of the molecule is Cc1nn(C)cc1C(=O)C1CC(C(C)C)CCC1=O. The van der Waals surface area contributed by atoms with Gasteiger partial charge in [0.05, 0.1) is 17.2 Å². The summed E-state index contributed by atoms with van der Waals surface area (Å²) in [6, 6.07) is 0. The second-order valence-corrected chi connectivity index (χ2v) is 5.96. The van der Waals surface area contributed by atoms with Crippen molar-refractivity contribution in [1.29, 1.82) is 0 Å². The number of rotatable bonds is 3. The molecule has 1 aromatic heterocycles. The fourth-order valence-corrected chi connectivity index (χ4v) is 2.94. The molecule has 0 saturated heterocycles. The fraction of sp³-hybridized carbons (Fsp3) is 0.667. The van der Waals surface area contributed by atoms with Crippen molar-refractivity contribution in [3.63, 3.8) is 0 Å². The average Bonchev–Trinajstić information content (AvgIpc) is 2.68. The Hall–Kier alpha value is -1.45. The minimum Gasteiger partial charge on any atom is -0.299 e. The number of hydrogen-bond donors (Lipinski definition) is 0. The number of nitrogens with zero attached hydrogens (tertiary/aromatic N) is 2. The summed E-state index contributed by atoms with van der Waals surface area (Å²) in [7, 11) is 1.80. The molecule has 0 bridgehead atoms. The van der Waals surface area contributed by atoms with E-state index in [1.165, 1.54) is 0 Å². The van der Waals surface area contributed by atoms with E-state index in [1.807, 2.05) is 6.92 Å². The van der Waals surface area contributed by atoms with Crippen molar-refractivity contribution in [2.75, 3.05) is 0 Å². The molecule has 4 nitrogen and oxygen atoms in total. The monoisotopic (exact) mass is 262 g/mol. The van der Waals surface area contributed by atoms with Crippen molar-refractivity contribution >= 4 is 11.6 Å². The molecule has 0 aliphatic heterocycles. The Morgan fingerprint density at radius 1 is 1.47 bits per heavy atom. The van der Waals surface area contributed by atoms with Crippen LogP contribution in [0.2, 0.25) is 0 Å². The van der Waals surface area contributed by atoms with E-state index in [9.17, 15) is 9.59 Å². The van der Waals surface area contributed by atoms with Crippen LogP contribution >= 0.6 is 0 Å². The van der Waals surface area contributed by atoms with E-state index in [0.29, 0.717) is 35.9 Å². The largest absolute Gasteiger partial charge is 0.299 e. The molecule has 0 aromatic carbocycles. The highest BCUT2D eigenvalue weighted by molar-refractivity contribution is 6.11. The van der Waals surface area contributed by atoms with Crippen LogP contribution in [0.4, 0.5) is 0 Å². The maximum absolute atomic E-state index is 12.5. The van der Waals surface area contributed by atoms with Crippen molar-refractivity contribution in [3.8, 4) is 0 Å². The Labute approximate surface area is 114 Å². The molecule has 0 spiro atoms. The Kier molecular flexibility index (Phi) is 3.88. The highest BCUT2D eigenvalue weighted by atomic mass is 16.2. The molecule has 1 heterocycles. The van der Waals surface area contributed by atoms with Crippen LogP contribution in [0, 0.1) is 24.7 Å². The van der Waals surface area contributed by atoms with Crippen LogP contribution in [-0.2, 0) is 11.8 Å². The molecule has 0 N–H and O–H groups in total. The van der Waals surface area contributed by atoms with E-state index < -0.39 is 5.92 Å². The minimum atomic E-state index is -0.455. The number of carbonyl (C=O) groups excluding carboxylic acids is 2. The standard InChI is InChI=1S/C15H22N2O2/c1-9(2)11-5-6-14(18)12(7-11)15(19)13-8-17(4)16-10(13)3/h8-9,11-12H,5-7H2,1-4H3. The van der Waals surface area contributed by atoms with Gasteiger partial charge in [0.1, 0.15) is 5.78 Å². The normalized spacial score (nSPS) is 23.9. The number of hydrogen-bond acceptors (Lipinski definition) is 3. The van der Waals surface area contributed by atoms with Gasteiger partial charge in [0.25, 0.3) is 0 Å². The van der Waals surface area contributed by atoms with Gasteiger partial charge in [-0.1, -0.05) is 13.8 Å². The molecule has 4 heteroatoms. The van der Waals surface area contributed by atoms with Gasteiger partial charge < -0.3 is 0 Å². The number of Topliss-reactive ketones (excluding diaryl/α,β-unsaturated/α-hetero) is 2. The summed E-state index contributed by atoms with van der Waals surface area (Å²) in [6.07, 6.45) is 3.89. The summed E-state index contributed by atoms with van der Waals surface area (Å²) in [5.41, 5.74) is 1.32. The third-order valence-corrected chi connectivity index (χ3v) is 4.23. The summed E-state index contributed by atoms with van der Waals surface area (Å²) < 4.78 is 1.63. The first-order chi connectivity index (χ1) is 8.90. The van der Waals surface area contributed by atoms with Gasteiger partial charge in [-0.2, -0.15) is 5.10 Å². The number of carbonyl (C=O) groups is 2. The molecular weight excluding hydrogens is 240 g/mol. The number of aryl methyl sites for hydroxylation is 2. The first kappa shape index (κ1) is 14.0. The van der Waals surface area contributed by atoms with Gasteiger partial charge in [-0.25, -0.2) is 0 Å². The van der Waals surface area contributed by atoms with Gasteiger partial charge >= 0.3 is 0 Å². The van der Waals surface area contributed by atoms with E-state index in [1.54, 1.807) is 17.9 Å². The molecule has 104 valence electrons. The van der Waals surface area contributed by atoms with Gasteiger partial charge in [0.2, 0.25) is 0 Å². The van der Waals surface area contributed by atoms with Gasteiger partial charge in [-0.3, -0.25) is 14.3 Å². The van der Waals surface area contributed by atoms with E-state index in [4.69, 9.17) is 0 Å². The van der Waals surface area contributed by atoms with Crippen LogP contribution in [0.3, 0.4) is 0 Å². The Morgan fingerprint density at radius 3 is 2.68 bits per heavy atom. The predicted molar refractivity (Wildman–Crippen MR) is 73.0 cm³/mol. The molecule has 1 fully saturated rings. The van der Waals surface area contributed by atoms with E-state index in [0.717, 1.165) is 6.42 Å². The molecule has 2 atom stereocenters. The van der Waals surface area contributed by atoms with Gasteiger partial charge in [0.15, 0.2) is 5.78 Å². The lowest BCUT2D eigenvalue weighted by molar-refractivity contribution is -0.124. The molecule has 1 aromatic rings. The first-order valence-corrected chi connectivity index (χ1v) is 6.97. The third kappa shape index (κ3) is 2.77. The zero-order valence-corrected chi connectivity index (χ0v) is 12.1. The highest BCUT2D eigenvalue weighted by Gasteiger charge is 2.36. The van der Waals surface area contributed by atoms with Crippen molar-refractivity contribution in [2.24, 2.45) is 24.8 Å². The molecule has 2 rings (SSSR count). The Bertz CT molecular complexity index is 502. The van der Waals surface area contributed by atoms with Gasteiger partial charge in [0, 0.05) is 19.7 Å². The van der Waals surface area contributed by atoms with Crippen molar-refractivity contribution in [1.82, 2.24) is 9.78 Å². The highest BCUT2D eigenvalue weighted by Crippen LogP contribution is 2.33. The fourth-order valence-electron chi connectivity index (χ4n) is 2.94. The van der Waals surface area contributed by atoms with E-state index >= 15 is 0 Å². The van der Waals surface area contributed by atoms with Gasteiger partial charge in [-0.15, -0.1) is 0 Å². The second-order valence-electron chi connectivity index (χ2n) is 5.96. The smallest absolute Gasteiger partial charge is 0.176 e. The van der Waals surface area contributed by atoms with E-state index in [2.05, 4.69) is 18.9 Å². The predicted octanol–water partition coefficient (Wildman–Crippen LogP) is 2.55. The zero-order valence-electron chi connectivity index (χ0n) is 12.1. The summed E-state index contributed by atoms with van der Waals surface area (Å²) in [4.78, 5) is 24.6. The van der Waals surface area contributed by atoms with Crippen LogP contribution in [0.5, 0.6) is 0 Å².